The van der Waals surface area contributed by atoms with E-state index in [9.17, 15) is 15.3 Å². The first kappa shape index (κ1) is 12.9. The van der Waals surface area contributed by atoms with E-state index in [-0.39, 0.29) is 0 Å². The zero-order chi connectivity index (χ0) is 11.4. The molecule has 1 aliphatic heterocycles. The van der Waals surface area contributed by atoms with Gasteiger partial charge in [-0.2, -0.15) is 0 Å². The molecule has 1 heterocycles. The molecule has 1 unspecified atom stereocenters. The normalized spacial score (nSPS) is 41.7. The van der Waals surface area contributed by atoms with E-state index in [1.54, 1.807) is 0 Å². The van der Waals surface area contributed by atoms with Gasteiger partial charge in [0, 0.05) is 6.61 Å². The molecular formula is C8H17BO6. The molecule has 0 aromatic carbocycles. The molecule has 6 nitrogen and oxygen atoms in total. The van der Waals surface area contributed by atoms with Crippen molar-refractivity contribution in [2.24, 2.45) is 0 Å². The summed E-state index contributed by atoms with van der Waals surface area (Å²) < 4.78 is 10.2. The summed E-state index contributed by atoms with van der Waals surface area (Å²) >= 11 is 0. The molecule has 1 fully saturated rings. The fourth-order valence-electron chi connectivity index (χ4n) is 1.44. The van der Waals surface area contributed by atoms with Crippen molar-refractivity contribution in [2.75, 3.05) is 13.2 Å². The van der Waals surface area contributed by atoms with Gasteiger partial charge in [-0.15, -0.1) is 0 Å². The maximum absolute atomic E-state index is 9.51. The van der Waals surface area contributed by atoms with Gasteiger partial charge in [0.05, 0.1) is 6.61 Å². The van der Waals surface area contributed by atoms with E-state index in [2.05, 4.69) is 0 Å². The molecule has 1 saturated heterocycles. The summed E-state index contributed by atoms with van der Waals surface area (Å²) in [6.07, 6.45) is -5.14. The van der Waals surface area contributed by atoms with Gasteiger partial charge < -0.3 is 29.9 Å². The molecule has 0 radical (unpaired) electrons. The fraction of sp³-hybridized carbons (Fsp3) is 1.00. The van der Waals surface area contributed by atoms with Crippen LogP contribution < -0.4 is 0 Å². The summed E-state index contributed by atoms with van der Waals surface area (Å²) in [5, 5.41) is 37.2. The van der Waals surface area contributed by atoms with Crippen LogP contribution in [0.3, 0.4) is 0 Å². The quantitative estimate of drug-likeness (QED) is 0.373. The van der Waals surface area contributed by atoms with Crippen LogP contribution in [0.1, 0.15) is 0 Å². The van der Waals surface area contributed by atoms with Crippen LogP contribution >= 0.6 is 0 Å². The van der Waals surface area contributed by atoms with E-state index in [4.69, 9.17) is 14.6 Å². The second-order valence-corrected chi connectivity index (χ2v) is 3.57. The first-order chi connectivity index (χ1) is 7.11. The van der Waals surface area contributed by atoms with Crippen molar-refractivity contribution >= 4 is 7.85 Å². The summed E-state index contributed by atoms with van der Waals surface area (Å²) in [5.41, 5.74) is 0. The summed E-state index contributed by atoms with van der Waals surface area (Å²) in [7, 11) is 1.89. The lowest BCUT2D eigenvalue weighted by molar-refractivity contribution is -0.299. The van der Waals surface area contributed by atoms with Crippen molar-refractivity contribution in [2.45, 2.75) is 37.0 Å². The standard InChI is InChI=1S/C8H17BO6/c9-1-2-14-8-7(13)6(12)5(11)4(3-10)15-8/h4-8,10-13H,1-3,9H2/t4-,5-,6+,7+,8?/m1/s1. The highest BCUT2D eigenvalue weighted by Gasteiger charge is 2.43. The second kappa shape index (κ2) is 5.79. The zero-order valence-corrected chi connectivity index (χ0v) is 8.61. The average molecular weight is 220 g/mol. The number of hydrogen-bond acceptors (Lipinski definition) is 6. The lowest BCUT2D eigenvalue weighted by Crippen LogP contribution is -2.59. The first-order valence-electron chi connectivity index (χ1n) is 5.04. The monoisotopic (exact) mass is 220 g/mol. The number of rotatable bonds is 4. The number of aliphatic hydroxyl groups excluding tert-OH is 4. The largest absolute Gasteiger partial charge is 0.394 e. The van der Waals surface area contributed by atoms with Gasteiger partial charge >= 0.3 is 0 Å². The zero-order valence-electron chi connectivity index (χ0n) is 8.61. The predicted octanol–water partition coefficient (Wildman–Crippen LogP) is -3.15. The molecule has 0 spiro atoms. The van der Waals surface area contributed by atoms with Gasteiger partial charge in [-0.1, -0.05) is 6.32 Å². The van der Waals surface area contributed by atoms with Gasteiger partial charge in [-0.3, -0.25) is 0 Å². The Bertz CT molecular complexity index is 190. The SMILES string of the molecule is BCCOC1O[C@H](CO)[C@@H](O)[C@H](O)[C@@H]1O. The molecule has 0 aromatic heterocycles. The minimum absolute atomic E-state index is 0.378. The molecule has 0 aliphatic carbocycles. The Kier molecular flexibility index (Phi) is 4.97. The molecule has 1 aliphatic rings. The topological polar surface area (TPSA) is 99.4 Å². The van der Waals surface area contributed by atoms with Crippen molar-refractivity contribution in [1.82, 2.24) is 0 Å². The fourth-order valence-corrected chi connectivity index (χ4v) is 1.44. The molecule has 7 heteroatoms. The van der Waals surface area contributed by atoms with Crippen LogP contribution in [0.4, 0.5) is 0 Å². The molecule has 0 amide bonds. The Balaban J connectivity index is 2.57. The van der Waals surface area contributed by atoms with Crippen molar-refractivity contribution in [1.29, 1.82) is 0 Å². The second-order valence-electron chi connectivity index (χ2n) is 3.57. The van der Waals surface area contributed by atoms with Gasteiger partial charge in [0.1, 0.15) is 32.3 Å². The minimum Gasteiger partial charge on any atom is -0.394 e. The molecule has 88 valence electrons. The Morgan fingerprint density at radius 3 is 2.33 bits per heavy atom. The Hall–Kier alpha value is -0.175. The number of aliphatic hydroxyl groups is 4. The van der Waals surface area contributed by atoms with Crippen LogP contribution in [-0.4, -0.2) is 72.2 Å². The minimum atomic E-state index is -1.36. The molecule has 0 saturated carbocycles. The van der Waals surface area contributed by atoms with E-state index in [1.165, 1.54) is 0 Å². The maximum Gasteiger partial charge on any atom is 0.186 e. The Morgan fingerprint density at radius 1 is 1.13 bits per heavy atom. The van der Waals surface area contributed by atoms with Gasteiger partial charge in [0.2, 0.25) is 0 Å². The smallest absolute Gasteiger partial charge is 0.186 e. The van der Waals surface area contributed by atoms with E-state index < -0.39 is 37.3 Å². The first-order valence-corrected chi connectivity index (χ1v) is 5.04. The van der Waals surface area contributed by atoms with Crippen molar-refractivity contribution in [3.8, 4) is 0 Å². The molecular weight excluding hydrogens is 203 g/mol. The van der Waals surface area contributed by atoms with Crippen molar-refractivity contribution < 1.29 is 29.9 Å². The third-order valence-corrected chi connectivity index (χ3v) is 2.33. The molecule has 1 rings (SSSR count). The van der Waals surface area contributed by atoms with Gasteiger partial charge in [-0.25, -0.2) is 0 Å². The van der Waals surface area contributed by atoms with Gasteiger partial charge in [0.25, 0.3) is 0 Å². The lowest BCUT2D eigenvalue weighted by atomic mass is 9.99. The van der Waals surface area contributed by atoms with Gasteiger partial charge in [0.15, 0.2) is 6.29 Å². The predicted molar refractivity (Wildman–Crippen MR) is 53.1 cm³/mol. The summed E-state index contributed by atoms with van der Waals surface area (Å²) in [6.45, 7) is -0.0559. The van der Waals surface area contributed by atoms with Crippen molar-refractivity contribution in [3.05, 3.63) is 0 Å². The molecule has 15 heavy (non-hydrogen) atoms. The Morgan fingerprint density at radius 2 is 1.80 bits per heavy atom. The van der Waals surface area contributed by atoms with Crippen molar-refractivity contribution in [3.63, 3.8) is 0 Å². The van der Waals surface area contributed by atoms with Crippen LogP contribution in [0.5, 0.6) is 0 Å². The van der Waals surface area contributed by atoms with E-state index in [0.717, 1.165) is 6.32 Å². The van der Waals surface area contributed by atoms with E-state index in [0.29, 0.717) is 6.61 Å². The lowest BCUT2D eigenvalue weighted by Gasteiger charge is -2.39. The third-order valence-electron chi connectivity index (χ3n) is 2.33. The van der Waals surface area contributed by atoms with Gasteiger partial charge in [-0.05, 0) is 0 Å². The molecule has 0 aromatic rings. The highest BCUT2D eigenvalue weighted by Crippen LogP contribution is 2.21. The number of hydrogen-bond donors (Lipinski definition) is 4. The van der Waals surface area contributed by atoms with Crippen LogP contribution in [0.15, 0.2) is 0 Å². The summed E-state index contributed by atoms with van der Waals surface area (Å²) in [5.74, 6) is 0. The molecule has 0 bridgehead atoms. The number of ether oxygens (including phenoxy) is 2. The average Bonchev–Trinajstić information content (AvgIpc) is 2.25. The molecule has 5 atom stereocenters. The highest BCUT2D eigenvalue weighted by molar-refractivity contribution is 6.08. The van der Waals surface area contributed by atoms with E-state index >= 15 is 0 Å². The van der Waals surface area contributed by atoms with Crippen LogP contribution in [0.25, 0.3) is 0 Å². The summed E-state index contributed by atoms with van der Waals surface area (Å²) in [6, 6.07) is 0. The van der Waals surface area contributed by atoms with Crippen LogP contribution in [-0.2, 0) is 9.47 Å². The maximum atomic E-state index is 9.51. The highest BCUT2D eigenvalue weighted by atomic mass is 16.7. The molecule has 4 N–H and O–H groups in total. The Labute approximate surface area is 88.8 Å². The van der Waals surface area contributed by atoms with E-state index in [1.807, 2.05) is 7.85 Å². The van der Waals surface area contributed by atoms with Crippen LogP contribution in [0.2, 0.25) is 6.32 Å². The van der Waals surface area contributed by atoms with Crippen LogP contribution in [0, 0.1) is 0 Å². The third kappa shape index (κ3) is 2.90. The summed E-state index contributed by atoms with van der Waals surface area (Å²) in [4.78, 5) is 0.